The maximum absolute atomic E-state index is 5.69. The van der Waals surface area contributed by atoms with Gasteiger partial charge in [-0.15, -0.1) is 0 Å². The number of rotatable bonds is 3. The Morgan fingerprint density at radius 1 is 1.40 bits per heavy atom. The Bertz CT molecular complexity index is 411. The first-order valence-electron chi connectivity index (χ1n) is 4.67. The van der Waals surface area contributed by atoms with Crippen molar-refractivity contribution in [2.24, 2.45) is 0 Å². The molecule has 1 atom stereocenters. The zero-order valence-electron chi connectivity index (χ0n) is 8.27. The number of anilines is 1. The molecule has 3 nitrogen and oxygen atoms in total. The fourth-order valence-corrected chi connectivity index (χ4v) is 1.43. The molecular formula is C11H11ClN2O. The van der Waals surface area contributed by atoms with Gasteiger partial charge in [0.1, 0.15) is 10.9 Å². The summed E-state index contributed by atoms with van der Waals surface area (Å²) in [6.45, 7) is 2.02. The monoisotopic (exact) mass is 222 g/mol. The van der Waals surface area contributed by atoms with Crippen molar-refractivity contribution in [2.75, 3.05) is 5.32 Å². The lowest BCUT2D eigenvalue weighted by atomic mass is 10.2. The first-order chi connectivity index (χ1) is 7.25. The van der Waals surface area contributed by atoms with Crippen LogP contribution < -0.4 is 5.32 Å². The number of furan rings is 1. The highest BCUT2D eigenvalue weighted by Crippen LogP contribution is 2.19. The van der Waals surface area contributed by atoms with Crippen LogP contribution in [0.25, 0.3) is 0 Å². The van der Waals surface area contributed by atoms with Gasteiger partial charge in [-0.3, -0.25) is 0 Å². The number of nitrogens with zero attached hydrogens (tertiary/aromatic N) is 1. The molecule has 0 aliphatic carbocycles. The average Bonchev–Trinajstić information content (AvgIpc) is 2.74. The Hall–Kier alpha value is -1.48. The molecule has 15 heavy (non-hydrogen) atoms. The summed E-state index contributed by atoms with van der Waals surface area (Å²) < 4.78 is 5.28. The van der Waals surface area contributed by atoms with Gasteiger partial charge in [0.05, 0.1) is 24.2 Å². The smallest absolute Gasteiger partial charge is 0.129 e. The quantitative estimate of drug-likeness (QED) is 0.808. The third-order valence-electron chi connectivity index (χ3n) is 2.08. The second-order valence-electron chi connectivity index (χ2n) is 3.25. The van der Waals surface area contributed by atoms with Crippen LogP contribution in [0.15, 0.2) is 41.1 Å². The summed E-state index contributed by atoms with van der Waals surface area (Å²) in [5.74, 6) is 0.893. The molecule has 0 amide bonds. The molecule has 78 valence electrons. The first-order valence-corrected chi connectivity index (χ1v) is 5.05. The van der Waals surface area contributed by atoms with E-state index in [-0.39, 0.29) is 6.04 Å². The molecule has 0 saturated carbocycles. The van der Waals surface area contributed by atoms with Crippen LogP contribution in [-0.4, -0.2) is 4.98 Å². The zero-order chi connectivity index (χ0) is 10.7. The molecule has 2 rings (SSSR count). The second-order valence-corrected chi connectivity index (χ2v) is 3.64. The van der Waals surface area contributed by atoms with Crippen molar-refractivity contribution in [3.8, 4) is 0 Å². The fourth-order valence-electron chi connectivity index (χ4n) is 1.32. The number of halogens is 1. The van der Waals surface area contributed by atoms with E-state index in [2.05, 4.69) is 10.3 Å². The Morgan fingerprint density at radius 3 is 2.87 bits per heavy atom. The highest BCUT2D eigenvalue weighted by molar-refractivity contribution is 6.29. The molecule has 2 aromatic rings. The topological polar surface area (TPSA) is 38.1 Å². The van der Waals surface area contributed by atoms with Crippen LogP contribution in [0.2, 0.25) is 5.15 Å². The van der Waals surface area contributed by atoms with Crippen molar-refractivity contribution < 1.29 is 4.42 Å². The third-order valence-corrected chi connectivity index (χ3v) is 2.30. The summed E-state index contributed by atoms with van der Waals surface area (Å²) in [6.07, 6.45) is 3.36. The molecule has 0 radical (unpaired) electrons. The molecule has 0 spiro atoms. The lowest BCUT2D eigenvalue weighted by molar-refractivity contribution is 0.490. The summed E-state index contributed by atoms with van der Waals surface area (Å²) in [5.41, 5.74) is 0.920. The number of nitrogens with one attached hydrogen (secondary N) is 1. The van der Waals surface area contributed by atoms with Gasteiger partial charge in [-0.2, -0.15) is 0 Å². The Morgan fingerprint density at radius 2 is 2.27 bits per heavy atom. The molecule has 0 fully saturated rings. The van der Waals surface area contributed by atoms with E-state index in [0.717, 1.165) is 11.4 Å². The lowest BCUT2D eigenvalue weighted by Gasteiger charge is -2.12. The third kappa shape index (κ3) is 2.50. The van der Waals surface area contributed by atoms with E-state index >= 15 is 0 Å². The minimum atomic E-state index is 0.114. The second kappa shape index (κ2) is 4.36. The molecule has 0 aliphatic heterocycles. The van der Waals surface area contributed by atoms with Crippen LogP contribution in [0.3, 0.4) is 0 Å². The van der Waals surface area contributed by atoms with Crippen LogP contribution in [0, 0.1) is 0 Å². The molecular weight excluding hydrogens is 212 g/mol. The molecule has 1 unspecified atom stereocenters. The normalized spacial score (nSPS) is 12.4. The van der Waals surface area contributed by atoms with Crippen molar-refractivity contribution >= 4 is 17.3 Å². The largest absolute Gasteiger partial charge is 0.467 e. The predicted molar refractivity (Wildman–Crippen MR) is 60.0 cm³/mol. The lowest BCUT2D eigenvalue weighted by Crippen LogP contribution is -2.05. The van der Waals surface area contributed by atoms with E-state index in [4.69, 9.17) is 16.0 Å². The van der Waals surface area contributed by atoms with Crippen molar-refractivity contribution in [3.63, 3.8) is 0 Å². The molecule has 2 heterocycles. The van der Waals surface area contributed by atoms with Gasteiger partial charge in [0.2, 0.25) is 0 Å². The van der Waals surface area contributed by atoms with Gasteiger partial charge in [0.25, 0.3) is 0 Å². The molecule has 2 aromatic heterocycles. The number of hydrogen-bond donors (Lipinski definition) is 1. The Balaban J connectivity index is 2.06. The minimum Gasteiger partial charge on any atom is -0.467 e. The molecule has 0 aromatic carbocycles. The van der Waals surface area contributed by atoms with Crippen LogP contribution in [0.4, 0.5) is 5.69 Å². The molecule has 0 aliphatic rings. The summed E-state index contributed by atoms with van der Waals surface area (Å²) >= 11 is 5.69. The van der Waals surface area contributed by atoms with Crippen LogP contribution in [0.5, 0.6) is 0 Å². The van der Waals surface area contributed by atoms with Crippen LogP contribution in [0.1, 0.15) is 18.7 Å². The van der Waals surface area contributed by atoms with Crippen LogP contribution in [-0.2, 0) is 0 Å². The molecule has 0 bridgehead atoms. The highest BCUT2D eigenvalue weighted by atomic mass is 35.5. The maximum atomic E-state index is 5.69. The fraction of sp³-hybridized carbons (Fsp3) is 0.182. The van der Waals surface area contributed by atoms with Crippen molar-refractivity contribution in [1.29, 1.82) is 0 Å². The van der Waals surface area contributed by atoms with Gasteiger partial charge in [-0.05, 0) is 31.2 Å². The summed E-state index contributed by atoms with van der Waals surface area (Å²) in [4.78, 5) is 3.99. The number of hydrogen-bond acceptors (Lipinski definition) is 3. The van der Waals surface area contributed by atoms with E-state index < -0.39 is 0 Å². The number of aromatic nitrogens is 1. The molecule has 0 saturated heterocycles. The maximum Gasteiger partial charge on any atom is 0.129 e. The molecule has 1 N–H and O–H groups in total. The van der Waals surface area contributed by atoms with E-state index in [9.17, 15) is 0 Å². The summed E-state index contributed by atoms with van der Waals surface area (Å²) in [6, 6.07) is 7.55. The Labute approximate surface area is 93.1 Å². The summed E-state index contributed by atoms with van der Waals surface area (Å²) in [7, 11) is 0. The van der Waals surface area contributed by atoms with Gasteiger partial charge in [0, 0.05) is 0 Å². The van der Waals surface area contributed by atoms with Crippen molar-refractivity contribution in [2.45, 2.75) is 13.0 Å². The van der Waals surface area contributed by atoms with Crippen molar-refractivity contribution in [1.82, 2.24) is 4.98 Å². The van der Waals surface area contributed by atoms with Gasteiger partial charge in [-0.25, -0.2) is 4.98 Å². The minimum absolute atomic E-state index is 0.114. The SMILES string of the molecule is CC(Nc1ccc(Cl)nc1)c1ccco1. The van der Waals surface area contributed by atoms with Crippen molar-refractivity contribution in [3.05, 3.63) is 47.6 Å². The van der Waals surface area contributed by atoms with Gasteiger partial charge >= 0.3 is 0 Å². The van der Waals surface area contributed by atoms with E-state index in [1.807, 2.05) is 25.1 Å². The van der Waals surface area contributed by atoms with Gasteiger partial charge in [0.15, 0.2) is 0 Å². The van der Waals surface area contributed by atoms with Crippen LogP contribution >= 0.6 is 11.6 Å². The Kier molecular flexibility index (Phi) is 2.92. The van der Waals surface area contributed by atoms with E-state index in [1.54, 1.807) is 18.5 Å². The zero-order valence-corrected chi connectivity index (χ0v) is 9.03. The summed E-state index contributed by atoms with van der Waals surface area (Å²) in [5, 5.41) is 3.75. The molecule has 4 heteroatoms. The van der Waals surface area contributed by atoms with Gasteiger partial charge < -0.3 is 9.73 Å². The average molecular weight is 223 g/mol. The van der Waals surface area contributed by atoms with Gasteiger partial charge in [-0.1, -0.05) is 11.6 Å². The van der Waals surface area contributed by atoms with E-state index in [0.29, 0.717) is 5.15 Å². The first kappa shape index (κ1) is 10.1. The predicted octanol–water partition coefficient (Wildman–Crippen LogP) is 3.50. The number of pyridine rings is 1. The standard InChI is InChI=1S/C11H11ClN2O/c1-8(10-3-2-6-15-10)14-9-4-5-11(12)13-7-9/h2-8,14H,1H3. The highest BCUT2D eigenvalue weighted by Gasteiger charge is 2.07. The van der Waals surface area contributed by atoms with E-state index in [1.165, 1.54) is 0 Å².